The van der Waals surface area contributed by atoms with E-state index >= 15 is 0 Å². The predicted molar refractivity (Wildman–Crippen MR) is 119 cm³/mol. The minimum atomic E-state index is -0.652. The number of carbonyl (C=O) groups is 1. The van der Waals surface area contributed by atoms with Crippen LogP contribution >= 0.6 is 35.4 Å². The highest BCUT2D eigenvalue weighted by atomic mass is 35.5. The molecule has 0 fully saturated rings. The lowest BCUT2D eigenvalue weighted by atomic mass is 10.3. The third-order valence-electron chi connectivity index (χ3n) is 3.50. The molecule has 0 aromatic heterocycles. The summed E-state index contributed by atoms with van der Waals surface area (Å²) < 4.78 is 5.30. The number of para-hydroxylation sites is 1. The molecular weight excluding hydrogens is 417 g/mol. The summed E-state index contributed by atoms with van der Waals surface area (Å²) >= 11 is 17.1. The summed E-state index contributed by atoms with van der Waals surface area (Å²) in [6, 6.07) is 21.2. The molecule has 0 saturated heterocycles. The van der Waals surface area contributed by atoms with Crippen LogP contribution in [0.4, 0.5) is 21.9 Å². The fourth-order valence-corrected chi connectivity index (χ4v) is 2.81. The normalized spacial score (nSPS) is 10.1. The number of anilines is 3. The first-order chi connectivity index (χ1) is 13.5. The molecule has 1 amide bonds. The van der Waals surface area contributed by atoms with Crippen LogP contribution in [0.1, 0.15) is 0 Å². The number of benzene rings is 3. The van der Waals surface area contributed by atoms with E-state index in [1.807, 2.05) is 36.4 Å². The second kappa shape index (κ2) is 9.41. The van der Waals surface area contributed by atoms with E-state index in [2.05, 4.69) is 16.0 Å². The summed E-state index contributed by atoms with van der Waals surface area (Å²) in [5.41, 5.74) is 2.02. The van der Waals surface area contributed by atoms with Gasteiger partial charge in [0.05, 0.1) is 10.0 Å². The highest BCUT2D eigenvalue weighted by Crippen LogP contribution is 2.25. The molecule has 3 rings (SSSR count). The Hall–Kier alpha value is -2.80. The average Bonchev–Trinajstić information content (AvgIpc) is 2.65. The Balaban J connectivity index is 1.58. The van der Waals surface area contributed by atoms with Gasteiger partial charge < -0.3 is 15.4 Å². The minimum absolute atomic E-state index is 0.338. The number of amides is 1. The van der Waals surface area contributed by atoms with Crippen molar-refractivity contribution in [3.8, 4) is 5.75 Å². The molecule has 0 saturated carbocycles. The number of thiocarbonyl (C=S) groups is 1. The van der Waals surface area contributed by atoms with Crippen LogP contribution < -0.4 is 20.7 Å². The van der Waals surface area contributed by atoms with Gasteiger partial charge in [-0.05, 0) is 54.7 Å². The standard InChI is InChI=1S/C20H15Cl2N3O2S/c21-17-10-9-15(12-18(17)22)25-20(26)27-16-8-4-7-14(11-16)24-19(28)23-13-5-2-1-3-6-13/h1-12H,(H,25,26)(H2,23,24,28). The Bertz CT molecular complexity index is 1000. The van der Waals surface area contributed by atoms with Crippen LogP contribution in [0.5, 0.6) is 5.75 Å². The molecule has 0 aliphatic heterocycles. The Labute approximate surface area is 177 Å². The maximum atomic E-state index is 12.1. The van der Waals surface area contributed by atoms with E-state index in [4.69, 9.17) is 40.2 Å². The van der Waals surface area contributed by atoms with Crippen molar-refractivity contribution in [2.75, 3.05) is 16.0 Å². The molecule has 3 N–H and O–H groups in total. The van der Waals surface area contributed by atoms with Crippen molar-refractivity contribution < 1.29 is 9.53 Å². The fraction of sp³-hybridized carbons (Fsp3) is 0. The Morgan fingerprint density at radius 2 is 1.43 bits per heavy atom. The summed E-state index contributed by atoms with van der Waals surface area (Å²) in [7, 11) is 0. The molecule has 28 heavy (non-hydrogen) atoms. The molecule has 0 atom stereocenters. The number of hydrogen-bond acceptors (Lipinski definition) is 3. The van der Waals surface area contributed by atoms with Crippen molar-refractivity contribution in [3.05, 3.63) is 82.8 Å². The molecular formula is C20H15Cl2N3O2S. The third kappa shape index (κ3) is 5.85. The topological polar surface area (TPSA) is 62.4 Å². The number of rotatable bonds is 4. The predicted octanol–water partition coefficient (Wildman–Crippen LogP) is 6.41. The molecule has 0 heterocycles. The van der Waals surface area contributed by atoms with Gasteiger partial charge >= 0.3 is 6.09 Å². The van der Waals surface area contributed by atoms with Crippen LogP contribution in [-0.4, -0.2) is 11.2 Å². The number of ether oxygens (including phenoxy) is 1. The maximum Gasteiger partial charge on any atom is 0.417 e. The van der Waals surface area contributed by atoms with Crippen molar-refractivity contribution in [2.45, 2.75) is 0 Å². The Morgan fingerprint density at radius 1 is 0.750 bits per heavy atom. The molecule has 5 nitrogen and oxygen atoms in total. The number of nitrogens with one attached hydrogen (secondary N) is 3. The van der Waals surface area contributed by atoms with E-state index in [1.54, 1.807) is 30.3 Å². The third-order valence-corrected chi connectivity index (χ3v) is 4.44. The maximum absolute atomic E-state index is 12.1. The zero-order valence-corrected chi connectivity index (χ0v) is 16.7. The first kappa shape index (κ1) is 19.9. The lowest BCUT2D eigenvalue weighted by Gasteiger charge is -2.12. The van der Waals surface area contributed by atoms with E-state index in [0.717, 1.165) is 5.69 Å². The van der Waals surface area contributed by atoms with Crippen LogP contribution in [0.2, 0.25) is 10.0 Å². The monoisotopic (exact) mass is 431 g/mol. The van der Waals surface area contributed by atoms with Gasteiger partial charge in [-0.3, -0.25) is 5.32 Å². The zero-order valence-electron chi connectivity index (χ0n) is 14.4. The molecule has 8 heteroatoms. The number of halogens is 2. The second-order valence-corrected chi connectivity index (χ2v) is 6.84. The molecule has 0 bridgehead atoms. The van der Waals surface area contributed by atoms with Gasteiger partial charge in [-0.1, -0.05) is 47.5 Å². The van der Waals surface area contributed by atoms with Gasteiger partial charge in [-0.25, -0.2) is 4.79 Å². The van der Waals surface area contributed by atoms with Gasteiger partial charge in [-0.15, -0.1) is 0 Å². The lowest BCUT2D eigenvalue weighted by Crippen LogP contribution is -2.19. The molecule has 3 aromatic carbocycles. The van der Waals surface area contributed by atoms with Crippen molar-refractivity contribution in [3.63, 3.8) is 0 Å². The zero-order chi connectivity index (χ0) is 19.9. The smallest absolute Gasteiger partial charge is 0.410 e. The SMILES string of the molecule is O=C(Nc1ccc(Cl)c(Cl)c1)Oc1cccc(NC(=S)Nc2ccccc2)c1. The van der Waals surface area contributed by atoms with E-state index in [1.165, 1.54) is 6.07 Å². The average molecular weight is 432 g/mol. The summed E-state index contributed by atoms with van der Waals surface area (Å²) in [5, 5.41) is 9.86. The van der Waals surface area contributed by atoms with E-state index in [-0.39, 0.29) is 0 Å². The highest BCUT2D eigenvalue weighted by molar-refractivity contribution is 7.80. The van der Waals surface area contributed by atoms with Crippen LogP contribution in [0.15, 0.2) is 72.8 Å². The van der Waals surface area contributed by atoms with Crippen molar-refractivity contribution in [1.82, 2.24) is 0 Å². The van der Waals surface area contributed by atoms with Gasteiger partial charge in [0, 0.05) is 23.1 Å². The Kier molecular flexibility index (Phi) is 6.71. The molecule has 0 unspecified atom stereocenters. The summed E-state index contributed by atoms with van der Waals surface area (Å²) in [5.74, 6) is 0.352. The summed E-state index contributed by atoms with van der Waals surface area (Å²) in [6.45, 7) is 0. The van der Waals surface area contributed by atoms with Gasteiger partial charge in [0.15, 0.2) is 5.11 Å². The van der Waals surface area contributed by atoms with Gasteiger partial charge in [0.1, 0.15) is 5.75 Å². The second-order valence-electron chi connectivity index (χ2n) is 5.62. The molecule has 0 radical (unpaired) electrons. The fourth-order valence-electron chi connectivity index (χ4n) is 2.28. The van der Waals surface area contributed by atoms with Crippen LogP contribution in [0, 0.1) is 0 Å². The van der Waals surface area contributed by atoms with Crippen molar-refractivity contribution >= 4 is 63.7 Å². The first-order valence-electron chi connectivity index (χ1n) is 8.16. The van der Waals surface area contributed by atoms with Gasteiger partial charge in [0.25, 0.3) is 0 Å². The summed E-state index contributed by atoms with van der Waals surface area (Å²) in [4.78, 5) is 12.1. The van der Waals surface area contributed by atoms with E-state index in [0.29, 0.717) is 32.3 Å². The molecule has 0 aliphatic carbocycles. The molecule has 142 valence electrons. The van der Waals surface area contributed by atoms with E-state index < -0.39 is 6.09 Å². The summed E-state index contributed by atoms with van der Waals surface area (Å²) in [6.07, 6.45) is -0.652. The van der Waals surface area contributed by atoms with Gasteiger partial charge in [-0.2, -0.15) is 0 Å². The molecule has 0 aliphatic rings. The quantitative estimate of drug-likeness (QED) is 0.416. The lowest BCUT2D eigenvalue weighted by molar-refractivity contribution is 0.215. The largest absolute Gasteiger partial charge is 0.417 e. The van der Waals surface area contributed by atoms with Crippen LogP contribution in [0.25, 0.3) is 0 Å². The van der Waals surface area contributed by atoms with Crippen molar-refractivity contribution in [2.24, 2.45) is 0 Å². The number of hydrogen-bond donors (Lipinski definition) is 3. The highest BCUT2D eigenvalue weighted by Gasteiger charge is 2.08. The van der Waals surface area contributed by atoms with Crippen molar-refractivity contribution in [1.29, 1.82) is 0 Å². The van der Waals surface area contributed by atoms with Crippen LogP contribution in [-0.2, 0) is 0 Å². The number of carbonyl (C=O) groups excluding carboxylic acids is 1. The minimum Gasteiger partial charge on any atom is -0.410 e. The van der Waals surface area contributed by atoms with Crippen LogP contribution in [0.3, 0.4) is 0 Å². The Morgan fingerprint density at radius 3 is 2.18 bits per heavy atom. The van der Waals surface area contributed by atoms with E-state index in [9.17, 15) is 4.79 Å². The van der Waals surface area contributed by atoms with Gasteiger partial charge in [0.2, 0.25) is 0 Å². The molecule has 3 aromatic rings. The first-order valence-corrected chi connectivity index (χ1v) is 9.33. The molecule has 0 spiro atoms.